The first-order chi connectivity index (χ1) is 18.8. The number of carboxylic acids is 1. The summed E-state index contributed by atoms with van der Waals surface area (Å²) in [7, 11) is 0. The van der Waals surface area contributed by atoms with Crippen LogP contribution in [-0.2, 0) is 29.3 Å². The number of aliphatic carboxylic acids is 1. The summed E-state index contributed by atoms with van der Waals surface area (Å²) in [5, 5.41) is 8.91. The molecule has 2 aromatic carbocycles. The van der Waals surface area contributed by atoms with E-state index in [0.29, 0.717) is 34.3 Å². The van der Waals surface area contributed by atoms with Gasteiger partial charge >= 0.3 is 18.3 Å². The standard InChI is InChI=1S/C27H28F6N2O5/c28-26(29,30)10-12-34(13-11-27(31,32)33)14-18-4-6-19(7-5-18)17-40-23-3-1-2-21-22(23)15-35(25(21)39)20(16-36)8-9-24(37)38/h1-7,16,20H,8-15,17H2,(H,37,38). The van der Waals surface area contributed by atoms with E-state index in [9.17, 15) is 40.7 Å². The minimum absolute atomic E-state index is 0.0229. The molecule has 1 aliphatic rings. The van der Waals surface area contributed by atoms with Gasteiger partial charge in [-0.25, -0.2) is 0 Å². The van der Waals surface area contributed by atoms with Crippen LogP contribution in [0.5, 0.6) is 5.75 Å². The van der Waals surface area contributed by atoms with Gasteiger partial charge in [0.25, 0.3) is 5.91 Å². The Morgan fingerprint density at radius 3 is 2.15 bits per heavy atom. The molecule has 0 radical (unpaired) electrons. The maximum atomic E-state index is 12.8. The molecular weight excluding hydrogens is 546 g/mol. The highest BCUT2D eigenvalue weighted by atomic mass is 19.4. The van der Waals surface area contributed by atoms with Crippen LogP contribution in [0.4, 0.5) is 26.3 Å². The van der Waals surface area contributed by atoms with Crippen molar-refractivity contribution in [2.24, 2.45) is 0 Å². The average molecular weight is 575 g/mol. The molecule has 0 fully saturated rings. The van der Waals surface area contributed by atoms with Crippen LogP contribution in [0.15, 0.2) is 42.5 Å². The zero-order valence-electron chi connectivity index (χ0n) is 21.3. The third-order valence-corrected chi connectivity index (χ3v) is 6.41. The van der Waals surface area contributed by atoms with Crippen molar-refractivity contribution in [1.82, 2.24) is 9.80 Å². The van der Waals surface area contributed by atoms with Crippen molar-refractivity contribution < 1.29 is 50.6 Å². The van der Waals surface area contributed by atoms with Crippen molar-refractivity contribution in [2.75, 3.05) is 13.1 Å². The van der Waals surface area contributed by atoms with Gasteiger partial charge in [0.1, 0.15) is 18.6 Å². The van der Waals surface area contributed by atoms with Gasteiger partial charge in [0.05, 0.1) is 25.4 Å². The maximum absolute atomic E-state index is 12.8. The Labute approximate surface area is 226 Å². The van der Waals surface area contributed by atoms with Crippen LogP contribution in [0, 0.1) is 0 Å². The summed E-state index contributed by atoms with van der Waals surface area (Å²) in [6.07, 6.45) is -11.2. The highest BCUT2D eigenvalue weighted by Gasteiger charge is 2.35. The topological polar surface area (TPSA) is 87.2 Å². The van der Waals surface area contributed by atoms with E-state index in [1.165, 1.54) is 4.90 Å². The molecule has 40 heavy (non-hydrogen) atoms. The number of alkyl halides is 6. The van der Waals surface area contributed by atoms with E-state index < -0.39 is 56.2 Å². The second-order valence-electron chi connectivity index (χ2n) is 9.46. The van der Waals surface area contributed by atoms with Crippen molar-refractivity contribution in [3.8, 4) is 5.75 Å². The van der Waals surface area contributed by atoms with Crippen LogP contribution >= 0.6 is 0 Å². The number of halogens is 6. The van der Waals surface area contributed by atoms with Crippen LogP contribution in [0.1, 0.15) is 52.7 Å². The molecule has 7 nitrogen and oxygen atoms in total. The summed E-state index contributed by atoms with van der Waals surface area (Å²) >= 11 is 0. The Balaban J connectivity index is 1.63. The van der Waals surface area contributed by atoms with Crippen molar-refractivity contribution in [3.63, 3.8) is 0 Å². The molecule has 0 bridgehead atoms. The lowest BCUT2D eigenvalue weighted by Gasteiger charge is -2.24. The first-order valence-corrected chi connectivity index (χ1v) is 12.4. The van der Waals surface area contributed by atoms with Gasteiger partial charge in [-0.1, -0.05) is 30.3 Å². The molecule has 0 saturated carbocycles. The van der Waals surface area contributed by atoms with Gasteiger partial charge in [0.15, 0.2) is 0 Å². The number of ether oxygens (including phenoxy) is 1. The summed E-state index contributed by atoms with van der Waals surface area (Å²) in [4.78, 5) is 37.7. The fourth-order valence-corrected chi connectivity index (χ4v) is 4.30. The molecule has 0 aliphatic carbocycles. The second kappa shape index (κ2) is 13.2. The van der Waals surface area contributed by atoms with Crippen LogP contribution in [-0.4, -0.2) is 64.6 Å². The number of hydrogen-bond donors (Lipinski definition) is 1. The number of hydrogen-bond acceptors (Lipinski definition) is 5. The Hall–Kier alpha value is -3.61. The maximum Gasteiger partial charge on any atom is 0.390 e. The van der Waals surface area contributed by atoms with Gasteiger partial charge in [0, 0.05) is 37.2 Å². The Bertz CT molecular complexity index is 1170. The first-order valence-electron chi connectivity index (χ1n) is 12.4. The largest absolute Gasteiger partial charge is 0.489 e. The zero-order chi connectivity index (χ0) is 29.5. The van der Waals surface area contributed by atoms with Crippen LogP contribution < -0.4 is 4.74 Å². The highest BCUT2D eigenvalue weighted by Crippen LogP contribution is 2.33. The van der Waals surface area contributed by atoms with Gasteiger partial charge < -0.3 is 19.5 Å². The van der Waals surface area contributed by atoms with Crippen molar-refractivity contribution in [1.29, 1.82) is 0 Å². The fraction of sp³-hybridized carbons (Fsp3) is 0.444. The number of amides is 1. The van der Waals surface area contributed by atoms with E-state index >= 15 is 0 Å². The molecule has 1 atom stereocenters. The molecule has 13 heteroatoms. The summed E-state index contributed by atoms with van der Waals surface area (Å²) in [6.45, 7) is -1.07. The smallest absolute Gasteiger partial charge is 0.390 e. The lowest BCUT2D eigenvalue weighted by Crippen LogP contribution is -2.37. The molecular formula is C27H28F6N2O5. The number of rotatable bonds is 14. The number of benzene rings is 2. The predicted octanol–water partition coefficient (Wildman–Crippen LogP) is 5.36. The van der Waals surface area contributed by atoms with E-state index in [2.05, 4.69) is 0 Å². The SMILES string of the molecule is O=CC(CCC(=O)O)N1Cc2c(OCc3ccc(CN(CCC(F)(F)F)CCC(F)(F)F)cc3)cccc2C1=O. The minimum Gasteiger partial charge on any atom is -0.489 e. The number of nitrogens with zero attached hydrogens (tertiary/aromatic N) is 2. The summed E-state index contributed by atoms with van der Waals surface area (Å²) in [6, 6.07) is 10.4. The van der Waals surface area contributed by atoms with Crippen molar-refractivity contribution in [2.45, 2.75) is 63.8 Å². The lowest BCUT2D eigenvalue weighted by molar-refractivity contribution is -0.146. The Kier molecular flexibility index (Phi) is 10.2. The highest BCUT2D eigenvalue weighted by molar-refractivity contribution is 6.00. The number of carbonyl (C=O) groups is 3. The molecule has 1 heterocycles. The number of fused-ring (bicyclic) bond motifs is 1. The van der Waals surface area contributed by atoms with E-state index in [-0.39, 0.29) is 32.5 Å². The molecule has 2 aromatic rings. The second-order valence-corrected chi connectivity index (χ2v) is 9.46. The quantitative estimate of drug-likeness (QED) is 0.242. The minimum atomic E-state index is -4.48. The molecule has 218 valence electrons. The van der Waals surface area contributed by atoms with Gasteiger partial charge in [-0.15, -0.1) is 0 Å². The van der Waals surface area contributed by atoms with E-state index in [0.717, 1.165) is 4.90 Å². The molecule has 3 rings (SSSR count). The number of carbonyl (C=O) groups excluding carboxylic acids is 2. The molecule has 1 amide bonds. The normalized spacial score (nSPS) is 14.4. The zero-order valence-corrected chi connectivity index (χ0v) is 21.3. The number of aldehydes is 1. The van der Waals surface area contributed by atoms with E-state index in [4.69, 9.17) is 9.84 Å². The van der Waals surface area contributed by atoms with Gasteiger partial charge in [-0.2, -0.15) is 26.3 Å². The van der Waals surface area contributed by atoms with E-state index in [1.807, 2.05) is 0 Å². The third kappa shape index (κ3) is 9.25. The molecule has 1 N–H and O–H groups in total. The fourth-order valence-electron chi connectivity index (χ4n) is 4.30. The Morgan fingerprint density at radius 1 is 1.00 bits per heavy atom. The summed E-state index contributed by atoms with van der Waals surface area (Å²) in [5.74, 6) is -1.10. The molecule has 0 spiro atoms. The monoisotopic (exact) mass is 574 g/mol. The van der Waals surface area contributed by atoms with Crippen molar-refractivity contribution in [3.05, 3.63) is 64.7 Å². The van der Waals surface area contributed by atoms with Gasteiger partial charge in [-0.05, 0) is 29.7 Å². The van der Waals surface area contributed by atoms with Crippen LogP contribution in [0.3, 0.4) is 0 Å². The van der Waals surface area contributed by atoms with E-state index in [1.54, 1.807) is 42.5 Å². The van der Waals surface area contributed by atoms with Crippen LogP contribution in [0.25, 0.3) is 0 Å². The molecule has 1 unspecified atom stereocenters. The van der Waals surface area contributed by atoms with Crippen molar-refractivity contribution >= 4 is 18.2 Å². The van der Waals surface area contributed by atoms with Crippen LogP contribution in [0.2, 0.25) is 0 Å². The molecule has 1 aliphatic heterocycles. The van der Waals surface area contributed by atoms with Gasteiger partial charge in [0.2, 0.25) is 0 Å². The first kappa shape index (κ1) is 30.9. The summed E-state index contributed by atoms with van der Waals surface area (Å²) in [5.41, 5.74) is 2.10. The predicted molar refractivity (Wildman–Crippen MR) is 130 cm³/mol. The number of carboxylic acid groups (broad SMARTS) is 1. The lowest BCUT2D eigenvalue weighted by atomic mass is 10.1. The average Bonchev–Trinajstić information content (AvgIpc) is 3.21. The molecule has 0 saturated heterocycles. The summed E-state index contributed by atoms with van der Waals surface area (Å²) < 4.78 is 81.7. The van der Waals surface area contributed by atoms with Gasteiger partial charge in [-0.3, -0.25) is 14.5 Å². The molecule has 0 aromatic heterocycles. The Morgan fingerprint density at radius 2 is 1.60 bits per heavy atom. The third-order valence-electron chi connectivity index (χ3n) is 6.41.